The van der Waals surface area contributed by atoms with Crippen LogP contribution in [0.4, 0.5) is 0 Å². The summed E-state index contributed by atoms with van der Waals surface area (Å²) in [6.07, 6.45) is 7.75. The van der Waals surface area contributed by atoms with Crippen molar-refractivity contribution >= 4 is 19.1 Å². The van der Waals surface area contributed by atoms with Gasteiger partial charge in [-0.3, -0.25) is 4.21 Å². The second kappa shape index (κ2) is 9.01. The molecule has 2 spiro atoms. The summed E-state index contributed by atoms with van der Waals surface area (Å²) in [6.45, 7) is 18.3. The van der Waals surface area contributed by atoms with Gasteiger partial charge in [-0.15, -0.1) is 0 Å². The lowest BCUT2D eigenvalue weighted by Gasteiger charge is -2.54. The van der Waals surface area contributed by atoms with Gasteiger partial charge in [-0.1, -0.05) is 58.7 Å². The van der Waals surface area contributed by atoms with Crippen LogP contribution in [0, 0.1) is 17.3 Å². The molecule has 202 valence electrons. The van der Waals surface area contributed by atoms with Gasteiger partial charge in [0.15, 0.2) is 14.1 Å². The minimum Gasteiger partial charge on any atom is -0.413 e. The molecule has 1 aromatic rings. The second-order valence-corrected chi connectivity index (χ2v) is 20.5. The normalized spacial score (nSPS) is 41.2. The fraction of sp³-hybridized carbons (Fsp3) is 0.800. The highest BCUT2D eigenvalue weighted by atomic mass is 32.2. The van der Waals surface area contributed by atoms with Crippen molar-refractivity contribution in [2.45, 2.75) is 138 Å². The quantitative estimate of drug-likeness (QED) is 0.378. The van der Waals surface area contributed by atoms with E-state index in [1.54, 1.807) is 0 Å². The largest absolute Gasteiger partial charge is 0.413 e. The lowest BCUT2D eigenvalue weighted by atomic mass is 9.65. The summed E-state index contributed by atoms with van der Waals surface area (Å²) in [5.41, 5.74) is -0.796. The third-order valence-electron chi connectivity index (χ3n) is 10.4. The zero-order chi connectivity index (χ0) is 26.1. The van der Waals surface area contributed by atoms with Gasteiger partial charge in [0.1, 0.15) is 5.60 Å². The Bertz CT molecular complexity index is 988. The number of ether oxygens (including phenoxy) is 2. The molecule has 0 amide bonds. The molecule has 0 aromatic heterocycles. The van der Waals surface area contributed by atoms with Gasteiger partial charge in [0.05, 0.1) is 28.3 Å². The molecule has 8 atom stereocenters. The Morgan fingerprint density at radius 1 is 1.06 bits per heavy atom. The van der Waals surface area contributed by atoms with E-state index >= 15 is 0 Å². The van der Waals surface area contributed by atoms with Crippen LogP contribution in [0.15, 0.2) is 35.2 Å². The average Bonchev–Trinajstić information content (AvgIpc) is 3.08. The molecule has 6 heteroatoms. The van der Waals surface area contributed by atoms with Gasteiger partial charge in [0, 0.05) is 10.3 Å². The van der Waals surface area contributed by atoms with Crippen LogP contribution in [0.1, 0.15) is 86.5 Å². The first kappa shape index (κ1) is 27.0. The molecule has 1 heterocycles. The smallest absolute Gasteiger partial charge is 0.192 e. The van der Waals surface area contributed by atoms with Gasteiger partial charge in [0.25, 0.3) is 0 Å². The summed E-state index contributed by atoms with van der Waals surface area (Å²) in [5.74, 6) is 0.123. The van der Waals surface area contributed by atoms with Gasteiger partial charge >= 0.3 is 0 Å². The van der Waals surface area contributed by atoms with E-state index in [9.17, 15) is 4.21 Å². The molecule has 0 N–H and O–H groups in total. The maximum Gasteiger partial charge on any atom is 0.192 e. The fourth-order valence-corrected chi connectivity index (χ4v) is 11.3. The third kappa shape index (κ3) is 4.04. The Morgan fingerprint density at radius 3 is 2.42 bits per heavy atom. The van der Waals surface area contributed by atoms with Crippen molar-refractivity contribution in [2.24, 2.45) is 17.3 Å². The number of fused-ring (bicyclic) bond motifs is 1. The highest BCUT2D eigenvalue weighted by Crippen LogP contribution is 2.69. The standard InChI is InChI=1S/C30H48O4SSi/c1-21-20-29-19-13-12-14-22(26(29)33-36(7,8)27(2,3)4)17-18-24(35(31)23-15-10-9-11-16-23)30(29)25(21)32-28(5,6)34-30/h9-11,15-16,21-22,24-26H,12-14,17-20H2,1-8H3/t21-,22+,24+,25+,26-,29-,30+,35+/m1/s1. The summed E-state index contributed by atoms with van der Waals surface area (Å²) in [4.78, 5) is 0.912. The summed E-state index contributed by atoms with van der Waals surface area (Å²) < 4.78 is 36.1. The van der Waals surface area contributed by atoms with Crippen LogP contribution in [0.2, 0.25) is 18.1 Å². The summed E-state index contributed by atoms with van der Waals surface area (Å²) in [7, 11) is -3.24. The highest BCUT2D eigenvalue weighted by molar-refractivity contribution is 7.85. The van der Waals surface area contributed by atoms with Crippen LogP contribution >= 0.6 is 0 Å². The lowest BCUT2D eigenvalue weighted by Crippen LogP contribution is -2.64. The molecule has 0 unspecified atom stereocenters. The van der Waals surface area contributed by atoms with Crippen molar-refractivity contribution in [1.82, 2.24) is 0 Å². The Labute approximate surface area is 222 Å². The first-order valence-electron chi connectivity index (χ1n) is 14.3. The maximum absolute atomic E-state index is 14.5. The summed E-state index contributed by atoms with van der Waals surface area (Å²) in [6, 6.07) is 10.1. The number of benzene rings is 1. The van der Waals surface area contributed by atoms with Crippen LogP contribution in [0.5, 0.6) is 0 Å². The van der Waals surface area contributed by atoms with E-state index in [4.69, 9.17) is 13.9 Å². The number of hydrogen-bond acceptors (Lipinski definition) is 4. The number of rotatable bonds is 4. The van der Waals surface area contributed by atoms with E-state index in [-0.39, 0.29) is 27.9 Å². The first-order chi connectivity index (χ1) is 16.7. The van der Waals surface area contributed by atoms with Crippen molar-refractivity contribution in [2.75, 3.05) is 0 Å². The predicted molar refractivity (Wildman–Crippen MR) is 149 cm³/mol. The molecular weight excluding hydrogens is 484 g/mol. The molecule has 1 saturated heterocycles. The molecule has 3 aliphatic carbocycles. The number of hydrogen-bond donors (Lipinski definition) is 0. The van der Waals surface area contributed by atoms with E-state index in [0.29, 0.717) is 11.8 Å². The molecule has 4 nitrogen and oxygen atoms in total. The summed E-state index contributed by atoms with van der Waals surface area (Å²) in [5, 5.41) is 0.0271. The minimum atomic E-state index is -2.06. The van der Waals surface area contributed by atoms with Gasteiger partial charge in [-0.2, -0.15) is 0 Å². The van der Waals surface area contributed by atoms with Gasteiger partial charge in [-0.25, -0.2) is 0 Å². The highest BCUT2D eigenvalue weighted by Gasteiger charge is 2.77. The van der Waals surface area contributed by atoms with Crippen LogP contribution in [0.3, 0.4) is 0 Å². The van der Waals surface area contributed by atoms with Gasteiger partial charge < -0.3 is 13.9 Å². The van der Waals surface area contributed by atoms with Crippen molar-refractivity contribution in [1.29, 1.82) is 0 Å². The second-order valence-electron chi connectivity index (χ2n) is 14.2. The van der Waals surface area contributed by atoms with Gasteiger partial charge in [0.2, 0.25) is 0 Å². The molecule has 3 saturated carbocycles. The molecule has 1 aliphatic heterocycles. The Morgan fingerprint density at radius 2 is 1.75 bits per heavy atom. The van der Waals surface area contributed by atoms with E-state index in [1.165, 1.54) is 19.3 Å². The van der Waals surface area contributed by atoms with E-state index in [0.717, 1.165) is 30.6 Å². The van der Waals surface area contributed by atoms with Gasteiger partial charge in [-0.05, 0) is 88.1 Å². The SMILES string of the molecule is C[C@@H]1C[C@@]23CCCC[C@@H](CC[C@H]([S@@](=O)c4ccccc4)[C@@]24OC(C)(C)O[C@@H]14)[C@H]3O[Si](C)(C)C(C)(C)C. The molecule has 36 heavy (non-hydrogen) atoms. The van der Waals surface area contributed by atoms with Crippen molar-refractivity contribution in [3.63, 3.8) is 0 Å². The van der Waals surface area contributed by atoms with Crippen molar-refractivity contribution < 1.29 is 18.1 Å². The molecule has 4 fully saturated rings. The maximum atomic E-state index is 14.5. The molecule has 0 radical (unpaired) electrons. The zero-order valence-corrected chi connectivity index (χ0v) is 25.6. The first-order valence-corrected chi connectivity index (χ1v) is 18.4. The Kier molecular flexibility index (Phi) is 6.77. The topological polar surface area (TPSA) is 44.8 Å². The van der Waals surface area contributed by atoms with Crippen molar-refractivity contribution in [3.8, 4) is 0 Å². The van der Waals surface area contributed by atoms with E-state index in [2.05, 4.69) is 54.6 Å². The monoisotopic (exact) mass is 532 g/mol. The molecule has 4 aliphatic rings. The van der Waals surface area contributed by atoms with E-state index < -0.39 is 30.5 Å². The fourth-order valence-electron chi connectivity index (χ4n) is 8.01. The third-order valence-corrected chi connectivity index (χ3v) is 16.7. The molecular formula is C30H48O4SSi. The molecule has 1 aromatic carbocycles. The Balaban J connectivity index is 1.71. The molecule has 5 rings (SSSR count). The van der Waals surface area contributed by atoms with Crippen molar-refractivity contribution in [3.05, 3.63) is 30.3 Å². The molecule has 2 bridgehead atoms. The van der Waals surface area contributed by atoms with Crippen LogP contribution in [-0.2, 0) is 24.7 Å². The van der Waals surface area contributed by atoms with Crippen LogP contribution in [0.25, 0.3) is 0 Å². The zero-order valence-electron chi connectivity index (χ0n) is 23.8. The van der Waals surface area contributed by atoms with Crippen LogP contribution in [-0.4, -0.2) is 41.4 Å². The Hall–Kier alpha value is -0.533. The van der Waals surface area contributed by atoms with E-state index in [1.807, 2.05) is 30.3 Å². The predicted octanol–water partition coefficient (Wildman–Crippen LogP) is 7.45. The lowest BCUT2D eigenvalue weighted by molar-refractivity contribution is -0.212. The van der Waals surface area contributed by atoms with Crippen LogP contribution < -0.4 is 0 Å². The minimum absolute atomic E-state index is 0.0625. The average molecular weight is 533 g/mol. The summed E-state index contributed by atoms with van der Waals surface area (Å²) >= 11 is 0.